The van der Waals surface area contributed by atoms with E-state index in [2.05, 4.69) is 15.3 Å². The average molecular weight is 453 g/mol. The lowest BCUT2D eigenvalue weighted by atomic mass is 10.2. The van der Waals surface area contributed by atoms with Crippen molar-refractivity contribution in [3.63, 3.8) is 0 Å². The van der Waals surface area contributed by atoms with E-state index in [4.69, 9.17) is 4.74 Å². The number of fused-ring (bicyclic) bond motifs is 1. The molecule has 0 unspecified atom stereocenters. The van der Waals surface area contributed by atoms with Gasteiger partial charge in [0.15, 0.2) is 11.5 Å². The maximum Gasteiger partial charge on any atom is 0.332 e. The number of aryl methyl sites for hydroxylation is 1. The fourth-order valence-corrected chi connectivity index (χ4v) is 3.23. The van der Waals surface area contributed by atoms with Crippen LogP contribution in [-0.4, -0.2) is 32.1 Å². The molecule has 0 aliphatic heterocycles. The van der Waals surface area contributed by atoms with E-state index in [1.54, 1.807) is 31.4 Å². The number of amides is 1. The van der Waals surface area contributed by atoms with Crippen LogP contribution in [0.5, 0.6) is 5.75 Å². The highest BCUT2D eigenvalue weighted by Crippen LogP contribution is 2.20. The molecule has 0 saturated carbocycles. The van der Waals surface area contributed by atoms with Crippen LogP contribution in [0.3, 0.4) is 0 Å². The molecular formula is C22H17F2N5O4. The van der Waals surface area contributed by atoms with Crippen molar-refractivity contribution >= 4 is 22.6 Å². The maximum atomic E-state index is 13.8. The predicted molar refractivity (Wildman–Crippen MR) is 116 cm³/mol. The van der Waals surface area contributed by atoms with Crippen LogP contribution < -0.4 is 21.3 Å². The minimum absolute atomic E-state index is 0.0233. The standard InChI is InChI=1S/C22H17F2N5O4/c1-28-20-15(10-25-19(27-20)12-3-6-14(33-2)7-4-12)21(31)29(22(28)32)11-18(30)26-17-8-5-13(23)9-16(17)24/h3-10H,11H2,1-2H3,(H,26,30). The fraction of sp³-hybridized carbons (Fsp3) is 0.136. The van der Waals surface area contributed by atoms with Crippen molar-refractivity contribution in [2.75, 3.05) is 12.4 Å². The summed E-state index contributed by atoms with van der Waals surface area (Å²) in [6.07, 6.45) is 1.28. The highest BCUT2D eigenvalue weighted by atomic mass is 19.1. The Morgan fingerprint density at radius 3 is 2.52 bits per heavy atom. The molecule has 2 aromatic carbocycles. The van der Waals surface area contributed by atoms with Crippen molar-refractivity contribution in [3.8, 4) is 17.1 Å². The molecule has 2 aromatic heterocycles. The summed E-state index contributed by atoms with van der Waals surface area (Å²) in [6.45, 7) is -0.682. The van der Waals surface area contributed by atoms with Gasteiger partial charge in [-0.3, -0.25) is 18.7 Å². The molecule has 2 heterocycles. The molecule has 0 aliphatic carbocycles. The highest BCUT2D eigenvalue weighted by molar-refractivity contribution is 5.90. The van der Waals surface area contributed by atoms with Gasteiger partial charge < -0.3 is 10.1 Å². The zero-order valence-electron chi connectivity index (χ0n) is 17.5. The fourth-order valence-electron chi connectivity index (χ4n) is 3.23. The molecular weight excluding hydrogens is 436 g/mol. The number of nitrogens with one attached hydrogen (secondary N) is 1. The van der Waals surface area contributed by atoms with Crippen LogP contribution in [0, 0.1) is 11.6 Å². The molecule has 4 rings (SSSR count). The number of halogens is 2. The Labute approximate surface area is 184 Å². The molecule has 33 heavy (non-hydrogen) atoms. The summed E-state index contributed by atoms with van der Waals surface area (Å²) in [6, 6.07) is 9.53. The van der Waals surface area contributed by atoms with E-state index in [-0.39, 0.29) is 16.7 Å². The summed E-state index contributed by atoms with van der Waals surface area (Å²) in [7, 11) is 2.95. The molecule has 0 saturated heterocycles. The quantitative estimate of drug-likeness (QED) is 0.496. The topological polar surface area (TPSA) is 108 Å². The first kappa shape index (κ1) is 21.8. The van der Waals surface area contributed by atoms with Gasteiger partial charge in [0.05, 0.1) is 12.8 Å². The second-order valence-corrected chi connectivity index (χ2v) is 7.06. The number of ether oxygens (including phenoxy) is 1. The third kappa shape index (κ3) is 4.20. The molecule has 0 radical (unpaired) electrons. The number of hydrogen-bond acceptors (Lipinski definition) is 6. The van der Waals surface area contributed by atoms with E-state index in [1.807, 2.05) is 0 Å². The van der Waals surface area contributed by atoms with Gasteiger partial charge in [-0.05, 0) is 36.4 Å². The number of carbonyl (C=O) groups excluding carboxylic acids is 1. The predicted octanol–water partition coefficient (Wildman–Crippen LogP) is 2.08. The zero-order valence-corrected chi connectivity index (χ0v) is 17.5. The van der Waals surface area contributed by atoms with Crippen molar-refractivity contribution in [1.82, 2.24) is 19.1 Å². The van der Waals surface area contributed by atoms with Crippen LogP contribution in [-0.2, 0) is 18.4 Å². The van der Waals surface area contributed by atoms with Crippen molar-refractivity contribution in [3.05, 3.63) is 81.1 Å². The van der Waals surface area contributed by atoms with Crippen LogP contribution in [0.2, 0.25) is 0 Å². The minimum atomic E-state index is -0.985. The molecule has 0 atom stereocenters. The second-order valence-electron chi connectivity index (χ2n) is 7.06. The molecule has 0 aliphatic rings. The molecule has 0 spiro atoms. The zero-order chi connectivity index (χ0) is 23.7. The SMILES string of the molecule is COc1ccc(-c2ncc3c(=O)n(CC(=O)Nc4ccc(F)cc4F)c(=O)n(C)c3n2)cc1. The van der Waals surface area contributed by atoms with Gasteiger partial charge in [0.1, 0.15) is 29.3 Å². The lowest BCUT2D eigenvalue weighted by molar-refractivity contribution is -0.116. The molecule has 168 valence electrons. The summed E-state index contributed by atoms with van der Waals surface area (Å²) in [5, 5.41) is 2.24. The van der Waals surface area contributed by atoms with Gasteiger partial charge in [-0.15, -0.1) is 0 Å². The van der Waals surface area contributed by atoms with Crippen molar-refractivity contribution < 1.29 is 18.3 Å². The van der Waals surface area contributed by atoms with Gasteiger partial charge in [-0.1, -0.05) is 0 Å². The molecule has 4 aromatic rings. The van der Waals surface area contributed by atoms with E-state index in [9.17, 15) is 23.2 Å². The number of methoxy groups -OCH3 is 1. The number of rotatable bonds is 5. The van der Waals surface area contributed by atoms with Gasteiger partial charge in [0.2, 0.25) is 5.91 Å². The van der Waals surface area contributed by atoms with Crippen molar-refractivity contribution in [2.24, 2.45) is 7.05 Å². The number of nitrogens with zero attached hydrogens (tertiary/aromatic N) is 4. The summed E-state index contributed by atoms with van der Waals surface area (Å²) >= 11 is 0. The number of aromatic nitrogens is 4. The number of benzene rings is 2. The van der Waals surface area contributed by atoms with Gasteiger partial charge in [0, 0.05) is 24.9 Å². The first-order valence-electron chi connectivity index (χ1n) is 9.64. The van der Waals surface area contributed by atoms with E-state index in [0.29, 0.717) is 27.8 Å². The Kier molecular flexibility index (Phi) is 5.69. The third-order valence-corrected chi connectivity index (χ3v) is 4.93. The van der Waals surface area contributed by atoms with E-state index < -0.39 is 35.3 Å². The molecule has 1 amide bonds. The molecule has 0 bridgehead atoms. The van der Waals surface area contributed by atoms with E-state index >= 15 is 0 Å². The van der Waals surface area contributed by atoms with Crippen LogP contribution in [0.1, 0.15) is 0 Å². The molecule has 1 N–H and O–H groups in total. The normalized spacial score (nSPS) is 10.9. The Morgan fingerprint density at radius 2 is 1.85 bits per heavy atom. The Bertz CT molecular complexity index is 1500. The first-order valence-corrected chi connectivity index (χ1v) is 9.64. The Balaban J connectivity index is 1.69. The van der Waals surface area contributed by atoms with Gasteiger partial charge in [0.25, 0.3) is 5.56 Å². The third-order valence-electron chi connectivity index (χ3n) is 4.93. The van der Waals surface area contributed by atoms with Gasteiger partial charge in [-0.2, -0.15) is 0 Å². The van der Waals surface area contributed by atoms with Crippen LogP contribution >= 0.6 is 0 Å². The van der Waals surface area contributed by atoms with Crippen molar-refractivity contribution in [2.45, 2.75) is 6.54 Å². The lowest BCUT2D eigenvalue weighted by Gasteiger charge is -2.11. The van der Waals surface area contributed by atoms with Crippen LogP contribution in [0.15, 0.2) is 58.3 Å². The highest BCUT2D eigenvalue weighted by Gasteiger charge is 2.17. The maximum absolute atomic E-state index is 13.8. The van der Waals surface area contributed by atoms with E-state index in [1.165, 1.54) is 13.2 Å². The van der Waals surface area contributed by atoms with E-state index in [0.717, 1.165) is 16.7 Å². The minimum Gasteiger partial charge on any atom is -0.497 e. The van der Waals surface area contributed by atoms with Crippen molar-refractivity contribution in [1.29, 1.82) is 0 Å². The number of hydrogen-bond donors (Lipinski definition) is 1. The van der Waals surface area contributed by atoms with Gasteiger partial charge in [-0.25, -0.2) is 23.5 Å². The molecule has 11 heteroatoms. The summed E-state index contributed by atoms with van der Waals surface area (Å²) in [4.78, 5) is 46.6. The number of anilines is 1. The summed E-state index contributed by atoms with van der Waals surface area (Å²) in [5.41, 5.74) is -1.10. The Hall–Kier alpha value is -4.41. The van der Waals surface area contributed by atoms with Gasteiger partial charge >= 0.3 is 5.69 Å². The molecule has 9 nitrogen and oxygen atoms in total. The summed E-state index contributed by atoms with van der Waals surface area (Å²) in [5.74, 6) is -1.69. The van der Waals surface area contributed by atoms with Crippen LogP contribution in [0.25, 0.3) is 22.4 Å². The first-order chi connectivity index (χ1) is 15.8. The summed E-state index contributed by atoms with van der Waals surface area (Å²) < 4.78 is 33.8. The second kappa shape index (κ2) is 8.61. The van der Waals surface area contributed by atoms with Crippen LogP contribution in [0.4, 0.5) is 14.5 Å². The molecule has 0 fully saturated rings. The Morgan fingerprint density at radius 1 is 1.12 bits per heavy atom. The number of carbonyl (C=O) groups is 1. The monoisotopic (exact) mass is 453 g/mol. The average Bonchev–Trinajstić information content (AvgIpc) is 2.82. The lowest BCUT2D eigenvalue weighted by Crippen LogP contribution is -2.42. The largest absolute Gasteiger partial charge is 0.497 e. The smallest absolute Gasteiger partial charge is 0.332 e.